The smallest absolute Gasteiger partial charge is 0.323 e. The highest BCUT2D eigenvalue weighted by Gasteiger charge is 2.22. The maximum absolute atomic E-state index is 12.4. The molecule has 0 aliphatic rings. The molecule has 0 saturated carbocycles. The second-order valence-corrected chi connectivity index (χ2v) is 9.90. The minimum Gasteiger partial charge on any atom is -0.462 e. The van der Waals surface area contributed by atoms with E-state index in [-0.39, 0.29) is 82.7 Å². The van der Waals surface area contributed by atoms with Gasteiger partial charge >= 0.3 is 11.9 Å². The van der Waals surface area contributed by atoms with Crippen LogP contribution in [0.4, 0.5) is 11.4 Å². The van der Waals surface area contributed by atoms with Crippen molar-refractivity contribution in [3.05, 3.63) is 58.1 Å². The van der Waals surface area contributed by atoms with Crippen molar-refractivity contribution in [2.45, 2.75) is 31.8 Å². The van der Waals surface area contributed by atoms with Crippen molar-refractivity contribution in [1.82, 2.24) is 0 Å². The summed E-state index contributed by atoms with van der Waals surface area (Å²) in [5.41, 5.74) is 25.2. The first-order valence-electron chi connectivity index (χ1n) is 13.5. The number of hydrogen-bond donors (Lipinski definition) is 4. The molecule has 0 aliphatic carbocycles. The molecule has 2 unspecified atom stereocenters. The van der Waals surface area contributed by atoms with Gasteiger partial charge in [-0.15, -0.1) is 0 Å². The largest absolute Gasteiger partial charge is 0.462 e. The Morgan fingerprint density at radius 3 is 1.47 bits per heavy atom. The zero-order valence-corrected chi connectivity index (χ0v) is 24.8. The van der Waals surface area contributed by atoms with Crippen molar-refractivity contribution < 1.29 is 42.9 Å². The van der Waals surface area contributed by atoms with Crippen molar-refractivity contribution in [2.75, 3.05) is 64.3 Å². The van der Waals surface area contributed by atoms with Gasteiger partial charge in [0.2, 0.25) is 0 Å². The molecule has 0 bridgehead atoms. The van der Waals surface area contributed by atoms with Crippen LogP contribution in [-0.2, 0) is 33.3 Å². The molecular weight excluding hydrogens is 584 g/mol. The number of carbonyl (C=O) groups excluding carboxylic acids is 4. The molecule has 13 nitrogen and oxygen atoms in total. The van der Waals surface area contributed by atoms with Crippen molar-refractivity contribution in [1.29, 1.82) is 0 Å². The Hall–Kier alpha value is -3.59. The molecule has 2 rings (SSSR count). The van der Waals surface area contributed by atoms with Crippen LogP contribution in [0.25, 0.3) is 0 Å². The number of carbonyl (C=O) groups is 4. The Labute approximate surface area is 255 Å². The number of nitrogens with two attached hydrogens (primary N) is 4. The maximum Gasteiger partial charge on any atom is 0.323 e. The first kappa shape index (κ1) is 35.6. The maximum atomic E-state index is 12.4. The van der Waals surface area contributed by atoms with E-state index in [4.69, 9.17) is 58.2 Å². The Morgan fingerprint density at radius 2 is 1.05 bits per heavy atom. The number of rotatable bonds is 20. The van der Waals surface area contributed by atoms with Crippen LogP contribution in [0.3, 0.4) is 0 Å². The molecule has 14 heteroatoms. The molecule has 0 aliphatic heterocycles. The Kier molecular flexibility index (Phi) is 15.6. The molecule has 0 radical (unpaired) electrons. The molecule has 0 amide bonds. The van der Waals surface area contributed by atoms with Crippen molar-refractivity contribution in [3.8, 4) is 0 Å². The molecule has 0 spiro atoms. The van der Waals surface area contributed by atoms with Gasteiger partial charge in [-0.3, -0.25) is 19.2 Å². The van der Waals surface area contributed by atoms with E-state index in [0.717, 1.165) is 5.56 Å². The van der Waals surface area contributed by atoms with Crippen LogP contribution in [0.2, 0.25) is 5.02 Å². The highest BCUT2D eigenvalue weighted by atomic mass is 35.5. The summed E-state index contributed by atoms with van der Waals surface area (Å²) < 4.78 is 26.1. The fourth-order valence-electron chi connectivity index (χ4n) is 3.67. The Balaban J connectivity index is 1.44. The standard InChI is InChI=1S/C29H39ClN4O9/c1-18-2-4-20(22(31)14-18)26(35)16-24(33)28(37)42-12-10-40-8-6-39-7-9-41-11-13-43-29(38)25(34)17-27(36)21-5-3-19(30)15-23(21)32/h2-5,14-15,24-25H,6-13,16-17,31-34H2,1H3. The number of halogens is 1. The highest BCUT2D eigenvalue weighted by molar-refractivity contribution is 6.31. The average molecular weight is 623 g/mol. The summed E-state index contributed by atoms with van der Waals surface area (Å²) >= 11 is 5.82. The van der Waals surface area contributed by atoms with Crippen molar-refractivity contribution in [3.63, 3.8) is 0 Å². The molecule has 0 aromatic heterocycles. The van der Waals surface area contributed by atoms with Gasteiger partial charge in [0.05, 0.1) is 39.6 Å². The third kappa shape index (κ3) is 13.1. The third-order valence-corrected chi connectivity index (χ3v) is 6.16. The Morgan fingerprint density at radius 1 is 0.651 bits per heavy atom. The van der Waals surface area contributed by atoms with Gasteiger partial charge in [-0.2, -0.15) is 0 Å². The predicted octanol–water partition coefficient (Wildman–Crippen LogP) is 1.45. The molecule has 0 fully saturated rings. The van der Waals surface area contributed by atoms with Gasteiger partial charge < -0.3 is 46.6 Å². The van der Waals surface area contributed by atoms with E-state index >= 15 is 0 Å². The minimum atomic E-state index is -1.14. The fourth-order valence-corrected chi connectivity index (χ4v) is 3.85. The van der Waals surface area contributed by atoms with Crippen LogP contribution in [0.15, 0.2) is 36.4 Å². The van der Waals surface area contributed by atoms with E-state index in [0.29, 0.717) is 16.3 Å². The number of esters is 2. The van der Waals surface area contributed by atoms with Crippen LogP contribution in [0.5, 0.6) is 0 Å². The topological polar surface area (TPSA) is 219 Å². The van der Waals surface area contributed by atoms with E-state index in [1.54, 1.807) is 18.2 Å². The van der Waals surface area contributed by atoms with E-state index < -0.39 is 29.8 Å². The second kappa shape index (κ2) is 18.8. The van der Waals surface area contributed by atoms with Crippen LogP contribution in [0, 0.1) is 6.92 Å². The zero-order valence-electron chi connectivity index (χ0n) is 24.1. The van der Waals surface area contributed by atoms with Crippen molar-refractivity contribution >= 4 is 46.5 Å². The van der Waals surface area contributed by atoms with Crippen LogP contribution in [0.1, 0.15) is 39.1 Å². The summed E-state index contributed by atoms with van der Waals surface area (Å²) in [4.78, 5) is 48.7. The average Bonchev–Trinajstić information content (AvgIpc) is 2.94. The molecule has 0 heterocycles. The molecule has 2 atom stereocenters. The SMILES string of the molecule is Cc1ccc(C(=O)CC(N)C(=O)OCCOCCOCCOCCOC(=O)C(N)CC(=O)c2ccc(Cl)cc2N)c(N)c1. The van der Waals surface area contributed by atoms with Gasteiger partial charge in [-0.05, 0) is 42.8 Å². The van der Waals surface area contributed by atoms with Gasteiger partial charge in [0.1, 0.15) is 25.3 Å². The summed E-state index contributed by atoms with van der Waals surface area (Å²) in [5, 5.41) is 0.395. The lowest BCUT2D eigenvalue weighted by atomic mass is 10.0. The number of Topliss-reactive ketones (excluding diaryl/α,β-unsaturated/α-hetero) is 2. The van der Waals surface area contributed by atoms with Crippen LogP contribution in [-0.4, -0.2) is 88.4 Å². The fraction of sp³-hybridized carbons (Fsp3) is 0.448. The van der Waals surface area contributed by atoms with Gasteiger partial charge in [0, 0.05) is 40.4 Å². The van der Waals surface area contributed by atoms with E-state index in [1.807, 2.05) is 6.92 Å². The summed E-state index contributed by atoms with van der Waals surface area (Å²) in [6.45, 7) is 3.10. The quantitative estimate of drug-likeness (QED) is 0.0712. The molecule has 43 heavy (non-hydrogen) atoms. The molecular formula is C29H39ClN4O9. The van der Waals surface area contributed by atoms with E-state index in [1.165, 1.54) is 18.2 Å². The lowest BCUT2D eigenvalue weighted by molar-refractivity contribution is -0.147. The van der Waals surface area contributed by atoms with Crippen LogP contribution >= 0.6 is 11.6 Å². The summed E-state index contributed by atoms with van der Waals surface area (Å²) in [5.74, 6) is -2.17. The Bertz CT molecular complexity index is 1150. The third-order valence-electron chi connectivity index (χ3n) is 5.93. The predicted molar refractivity (Wildman–Crippen MR) is 160 cm³/mol. The first-order chi connectivity index (χ1) is 20.5. The number of benzene rings is 2. The zero-order chi connectivity index (χ0) is 31.8. The molecule has 0 saturated heterocycles. The number of nitrogen functional groups attached to an aromatic ring is 2. The number of anilines is 2. The van der Waals surface area contributed by atoms with E-state index in [2.05, 4.69) is 0 Å². The van der Waals surface area contributed by atoms with Gasteiger partial charge in [0.15, 0.2) is 11.6 Å². The summed E-state index contributed by atoms with van der Waals surface area (Å²) in [6.07, 6.45) is -0.482. The summed E-state index contributed by atoms with van der Waals surface area (Å²) in [6, 6.07) is 7.25. The minimum absolute atomic E-state index is 0.0256. The number of ketones is 2. The highest BCUT2D eigenvalue weighted by Crippen LogP contribution is 2.20. The first-order valence-corrected chi connectivity index (χ1v) is 13.9. The van der Waals surface area contributed by atoms with E-state index in [9.17, 15) is 19.2 Å². The summed E-state index contributed by atoms with van der Waals surface area (Å²) in [7, 11) is 0. The monoisotopic (exact) mass is 622 g/mol. The lowest BCUT2D eigenvalue weighted by Crippen LogP contribution is -2.35. The number of hydrogen-bond acceptors (Lipinski definition) is 13. The second-order valence-electron chi connectivity index (χ2n) is 9.46. The van der Waals surface area contributed by atoms with Gasteiger partial charge in [-0.1, -0.05) is 17.7 Å². The van der Waals surface area contributed by atoms with Gasteiger partial charge in [0.25, 0.3) is 0 Å². The molecule has 236 valence electrons. The molecule has 2 aromatic carbocycles. The number of aryl methyl sites for hydroxylation is 1. The molecule has 8 N–H and O–H groups in total. The van der Waals surface area contributed by atoms with Crippen molar-refractivity contribution in [2.24, 2.45) is 11.5 Å². The normalized spacial score (nSPS) is 12.4. The lowest BCUT2D eigenvalue weighted by Gasteiger charge is -2.12. The number of ether oxygens (including phenoxy) is 5. The molecule has 2 aromatic rings. The van der Waals surface area contributed by atoms with Gasteiger partial charge in [-0.25, -0.2) is 0 Å². The van der Waals surface area contributed by atoms with Crippen LogP contribution < -0.4 is 22.9 Å².